The predicted octanol–water partition coefficient (Wildman–Crippen LogP) is 2.54. The summed E-state index contributed by atoms with van der Waals surface area (Å²) in [5.41, 5.74) is 7.23. The second-order valence-electron chi connectivity index (χ2n) is 3.52. The van der Waals surface area contributed by atoms with Crippen molar-refractivity contribution in [2.75, 3.05) is 11.1 Å². The first-order valence-corrected chi connectivity index (χ1v) is 6.18. The third kappa shape index (κ3) is 2.45. The standard InChI is InChI=1S/C12H13N3OS/c1-2-8-5-7-17-10(8)12(16)15-11-9(13)4-3-6-14-11/h3-7H,2,13H2,1H3,(H,14,15,16). The molecule has 0 bridgehead atoms. The van der Waals surface area contributed by atoms with Crippen molar-refractivity contribution in [3.05, 3.63) is 40.2 Å². The van der Waals surface area contributed by atoms with Crippen molar-refractivity contribution < 1.29 is 4.79 Å². The summed E-state index contributed by atoms with van der Waals surface area (Å²) in [6.45, 7) is 2.02. The van der Waals surface area contributed by atoms with Crippen molar-refractivity contribution in [2.45, 2.75) is 13.3 Å². The molecule has 0 radical (unpaired) electrons. The van der Waals surface area contributed by atoms with Crippen molar-refractivity contribution in [3.63, 3.8) is 0 Å². The number of thiophene rings is 1. The molecule has 0 aliphatic carbocycles. The van der Waals surface area contributed by atoms with Gasteiger partial charge in [0.1, 0.15) is 0 Å². The summed E-state index contributed by atoms with van der Waals surface area (Å²) in [4.78, 5) is 16.8. The third-order valence-electron chi connectivity index (χ3n) is 2.40. The SMILES string of the molecule is CCc1ccsc1C(=O)Nc1ncccc1N. The lowest BCUT2D eigenvalue weighted by atomic mass is 10.2. The van der Waals surface area contributed by atoms with E-state index in [1.165, 1.54) is 11.3 Å². The lowest BCUT2D eigenvalue weighted by molar-refractivity contribution is 0.102. The van der Waals surface area contributed by atoms with Crippen LogP contribution in [0.25, 0.3) is 0 Å². The minimum atomic E-state index is -0.151. The number of hydrogen-bond donors (Lipinski definition) is 2. The van der Waals surface area contributed by atoms with Crippen LogP contribution in [0.15, 0.2) is 29.8 Å². The van der Waals surface area contributed by atoms with Gasteiger partial charge in [-0.3, -0.25) is 4.79 Å². The molecule has 0 unspecified atom stereocenters. The molecule has 0 saturated carbocycles. The number of carbonyl (C=O) groups is 1. The van der Waals surface area contributed by atoms with Crippen molar-refractivity contribution in [1.82, 2.24) is 4.98 Å². The molecule has 2 rings (SSSR count). The summed E-state index contributed by atoms with van der Waals surface area (Å²) in [6.07, 6.45) is 2.44. The van der Waals surface area contributed by atoms with E-state index >= 15 is 0 Å². The number of nitrogen functional groups attached to an aromatic ring is 1. The fourth-order valence-electron chi connectivity index (χ4n) is 1.50. The number of aryl methyl sites for hydroxylation is 1. The zero-order valence-corrected chi connectivity index (χ0v) is 10.3. The van der Waals surface area contributed by atoms with Gasteiger partial charge in [0.2, 0.25) is 0 Å². The minimum absolute atomic E-state index is 0.151. The minimum Gasteiger partial charge on any atom is -0.396 e. The number of nitrogens with one attached hydrogen (secondary N) is 1. The molecule has 3 N–H and O–H groups in total. The van der Waals surface area contributed by atoms with Gasteiger partial charge in [-0.25, -0.2) is 4.98 Å². The summed E-state index contributed by atoms with van der Waals surface area (Å²) in [6, 6.07) is 5.40. The summed E-state index contributed by atoms with van der Waals surface area (Å²) in [7, 11) is 0. The second kappa shape index (κ2) is 4.97. The highest BCUT2D eigenvalue weighted by Crippen LogP contribution is 2.20. The average Bonchev–Trinajstić information content (AvgIpc) is 2.80. The van der Waals surface area contributed by atoms with Gasteiger partial charge in [0.15, 0.2) is 5.82 Å². The van der Waals surface area contributed by atoms with Crippen LogP contribution in [-0.2, 0) is 6.42 Å². The van der Waals surface area contributed by atoms with E-state index in [2.05, 4.69) is 10.3 Å². The molecule has 0 saturated heterocycles. The molecule has 1 amide bonds. The van der Waals surface area contributed by atoms with Crippen molar-refractivity contribution in [1.29, 1.82) is 0 Å². The Balaban J connectivity index is 2.20. The Morgan fingerprint density at radius 2 is 2.35 bits per heavy atom. The van der Waals surface area contributed by atoms with Gasteiger partial charge in [0.05, 0.1) is 10.6 Å². The maximum atomic E-state index is 12.0. The van der Waals surface area contributed by atoms with Crippen LogP contribution in [0.2, 0.25) is 0 Å². The van der Waals surface area contributed by atoms with E-state index in [-0.39, 0.29) is 5.91 Å². The quantitative estimate of drug-likeness (QED) is 0.875. The zero-order chi connectivity index (χ0) is 12.3. The van der Waals surface area contributed by atoms with E-state index < -0.39 is 0 Å². The van der Waals surface area contributed by atoms with Crippen LogP contribution < -0.4 is 11.1 Å². The molecule has 2 aromatic rings. The highest BCUT2D eigenvalue weighted by Gasteiger charge is 2.13. The van der Waals surface area contributed by atoms with E-state index in [1.54, 1.807) is 18.3 Å². The van der Waals surface area contributed by atoms with Crippen molar-refractivity contribution in [2.24, 2.45) is 0 Å². The first-order valence-electron chi connectivity index (χ1n) is 5.30. The van der Waals surface area contributed by atoms with Gasteiger partial charge in [-0.2, -0.15) is 0 Å². The van der Waals surface area contributed by atoms with Gasteiger partial charge in [0, 0.05) is 6.20 Å². The molecule has 88 valence electrons. The van der Waals surface area contributed by atoms with Crippen LogP contribution in [0.5, 0.6) is 0 Å². The Morgan fingerprint density at radius 1 is 1.53 bits per heavy atom. The maximum absolute atomic E-state index is 12.0. The molecule has 5 heteroatoms. The predicted molar refractivity (Wildman–Crippen MR) is 70.3 cm³/mol. The van der Waals surface area contributed by atoms with E-state index in [1.807, 2.05) is 18.4 Å². The van der Waals surface area contributed by atoms with E-state index in [0.717, 1.165) is 16.9 Å². The van der Waals surface area contributed by atoms with Gasteiger partial charge >= 0.3 is 0 Å². The van der Waals surface area contributed by atoms with E-state index in [9.17, 15) is 4.79 Å². The highest BCUT2D eigenvalue weighted by atomic mass is 32.1. The molecule has 0 aliphatic heterocycles. The summed E-state index contributed by atoms with van der Waals surface area (Å²) < 4.78 is 0. The first kappa shape index (κ1) is 11.6. The monoisotopic (exact) mass is 247 g/mol. The number of nitrogens with zero attached hydrogens (tertiary/aromatic N) is 1. The fourth-order valence-corrected chi connectivity index (χ4v) is 2.39. The number of anilines is 2. The van der Waals surface area contributed by atoms with E-state index in [4.69, 9.17) is 5.73 Å². The largest absolute Gasteiger partial charge is 0.396 e. The molecular weight excluding hydrogens is 234 g/mol. The van der Waals surface area contributed by atoms with Gasteiger partial charge in [-0.1, -0.05) is 6.92 Å². The molecule has 4 nitrogen and oxygen atoms in total. The Labute approximate surface area is 103 Å². The lowest BCUT2D eigenvalue weighted by Gasteiger charge is -2.06. The molecule has 2 aromatic heterocycles. The number of carbonyl (C=O) groups excluding carboxylic acids is 1. The molecule has 0 fully saturated rings. The number of hydrogen-bond acceptors (Lipinski definition) is 4. The van der Waals surface area contributed by atoms with Gasteiger partial charge in [-0.15, -0.1) is 11.3 Å². The third-order valence-corrected chi connectivity index (χ3v) is 3.36. The second-order valence-corrected chi connectivity index (χ2v) is 4.44. The fraction of sp³-hybridized carbons (Fsp3) is 0.167. The molecule has 0 aliphatic rings. The smallest absolute Gasteiger partial charge is 0.267 e. The van der Waals surface area contributed by atoms with Crippen molar-refractivity contribution >= 4 is 28.7 Å². The molecule has 0 atom stereocenters. The lowest BCUT2D eigenvalue weighted by Crippen LogP contribution is -2.14. The van der Waals surface area contributed by atoms with Crippen molar-refractivity contribution in [3.8, 4) is 0 Å². The molecule has 0 spiro atoms. The number of rotatable bonds is 3. The first-order chi connectivity index (χ1) is 8.22. The van der Waals surface area contributed by atoms with Crippen LogP contribution in [0.4, 0.5) is 11.5 Å². The molecule has 2 heterocycles. The summed E-state index contributed by atoms with van der Waals surface area (Å²) >= 11 is 1.43. The Bertz CT molecular complexity index is 536. The van der Waals surface area contributed by atoms with Gasteiger partial charge in [0.25, 0.3) is 5.91 Å². The molecule has 17 heavy (non-hydrogen) atoms. The number of pyridine rings is 1. The van der Waals surface area contributed by atoms with Crippen LogP contribution in [0.1, 0.15) is 22.2 Å². The van der Waals surface area contributed by atoms with E-state index in [0.29, 0.717) is 11.5 Å². The summed E-state index contributed by atoms with van der Waals surface area (Å²) in [5.74, 6) is 0.259. The van der Waals surface area contributed by atoms with Gasteiger partial charge in [-0.05, 0) is 35.6 Å². The normalized spacial score (nSPS) is 10.2. The maximum Gasteiger partial charge on any atom is 0.267 e. The molecule has 0 aromatic carbocycles. The Kier molecular flexibility index (Phi) is 3.39. The highest BCUT2D eigenvalue weighted by molar-refractivity contribution is 7.12. The molecular formula is C12H13N3OS. The number of aromatic nitrogens is 1. The van der Waals surface area contributed by atoms with Crippen LogP contribution in [0, 0.1) is 0 Å². The van der Waals surface area contributed by atoms with Crippen LogP contribution in [-0.4, -0.2) is 10.9 Å². The average molecular weight is 247 g/mol. The van der Waals surface area contributed by atoms with Crippen LogP contribution >= 0.6 is 11.3 Å². The topological polar surface area (TPSA) is 68.0 Å². The Hall–Kier alpha value is -1.88. The zero-order valence-electron chi connectivity index (χ0n) is 9.43. The van der Waals surface area contributed by atoms with Crippen LogP contribution in [0.3, 0.4) is 0 Å². The Morgan fingerprint density at radius 3 is 3.06 bits per heavy atom. The van der Waals surface area contributed by atoms with Gasteiger partial charge < -0.3 is 11.1 Å². The summed E-state index contributed by atoms with van der Waals surface area (Å²) in [5, 5.41) is 4.63. The number of nitrogens with two attached hydrogens (primary N) is 1. The number of amides is 1.